The van der Waals surface area contributed by atoms with Crippen molar-refractivity contribution >= 4 is 23.2 Å². The number of hydrogen-bond donors (Lipinski definition) is 0. The maximum Gasteiger partial charge on any atom is 0.231 e. The van der Waals surface area contributed by atoms with Crippen molar-refractivity contribution in [1.82, 2.24) is 0 Å². The van der Waals surface area contributed by atoms with Gasteiger partial charge in [0.1, 0.15) is 0 Å². The first kappa shape index (κ1) is 16.2. The second-order valence-electron chi connectivity index (χ2n) is 6.37. The molecule has 124 valence electrons. The molecule has 3 rings (SSSR count). The van der Waals surface area contributed by atoms with E-state index in [4.69, 9.17) is 0 Å². The minimum atomic E-state index is -0.0127. The van der Waals surface area contributed by atoms with Crippen molar-refractivity contribution < 1.29 is 9.59 Å². The molecule has 0 saturated carbocycles. The van der Waals surface area contributed by atoms with Crippen LogP contribution in [0.15, 0.2) is 48.5 Å². The van der Waals surface area contributed by atoms with Crippen molar-refractivity contribution in [3.63, 3.8) is 0 Å². The van der Waals surface area contributed by atoms with E-state index in [2.05, 4.69) is 13.0 Å². The van der Waals surface area contributed by atoms with E-state index in [-0.39, 0.29) is 17.9 Å². The Labute approximate surface area is 142 Å². The van der Waals surface area contributed by atoms with Crippen LogP contribution in [0.5, 0.6) is 0 Å². The first-order valence-corrected chi connectivity index (χ1v) is 8.20. The van der Waals surface area contributed by atoms with Crippen LogP contribution in [-0.2, 0) is 22.4 Å². The van der Waals surface area contributed by atoms with Gasteiger partial charge in [-0.3, -0.25) is 9.59 Å². The standard InChI is InChI=1S/C20H22N2O2/c1-14-12-17-6-4-5-7-19(17)22(14)20(24)13-16-8-10-18(11-9-16)21(3)15(2)23/h4-11,14H,12-13H2,1-3H3. The number of benzene rings is 2. The Balaban J connectivity index is 1.75. The van der Waals surface area contributed by atoms with E-state index < -0.39 is 0 Å². The number of fused-ring (bicyclic) bond motifs is 1. The SMILES string of the molecule is CC(=O)N(C)c1ccc(CC(=O)N2c3ccccc3CC2C)cc1. The molecule has 24 heavy (non-hydrogen) atoms. The molecule has 2 aromatic carbocycles. The van der Waals surface area contributed by atoms with Crippen molar-refractivity contribution in [1.29, 1.82) is 0 Å². The Bertz CT molecular complexity index is 767. The first-order valence-electron chi connectivity index (χ1n) is 8.20. The Morgan fingerprint density at radius 3 is 2.46 bits per heavy atom. The number of nitrogens with zero attached hydrogens (tertiary/aromatic N) is 2. The Morgan fingerprint density at radius 2 is 1.79 bits per heavy atom. The molecule has 0 aromatic heterocycles. The summed E-state index contributed by atoms with van der Waals surface area (Å²) < 4.78 is 0. The fourth-order valence-corrected chi connectivity index (χ4v) is 3.22. The van der Waals surface area contributed by atoms with Gasteiger partial charge in [-0.1, -0.05) is 30.3 Å². The molecule has 2 amide bonds. The van der Waals surface area contributed by atoms with E-state index in [1.165, 1.54) is 12.5 Å². The maximum absolute atomic E-state index is 12.8. The lowest BCUT2D eigenvalue weighted by Gasteiger charge is -2.23. The van der Waals surface area contributed by atoms with E-state index in [1.54, 1.807) is 11.9 Å². The monoisotopic (exact) mass is 322 g/mol. The van der Waals surface area contributed by atoms with Crippen molar-refractivity contribution in [2.45, 2.75) is 32.7 Å². The number of rotatable bonds is 3. The van der Waals surface area contributed by atoms with Crippen LogP contribution < -0.4 is 9.80 Å². The van der Waals surface area contributed by atoms with E-state index in [0.717, 1.165) is 23.4 Å². The molecular weight excluding hydrogens is 300 g/mol. The summed E-state index contributed by atoms with van der Waals surface area (Å²) >= 11 is 0. The van der Waals surface area contributed by atoms with Gasteiger partial charge in [0.15, 0.2) is 0 Å². The lowest BCUT2D eigenvalue weighted by molar-refractivity contribution is -0.118. The molecule has 0 fully saturated rings. The average Bonchev–Trinajstić information content (AvgIpc) is 2.90. The number of anilines is 2. The van der Waals surface area contributed by atoms with E-state index in [1.807, 2.05) is 47.4 Å². The number of carbonyl (C=O) groups excluding carboxylic acids is 2. The minimum absolute atomic E-state index is 0.0127. The highest BCUT2D eigenvalue weighted by molar-refractivity contribution is 5.97. The number of carbonyl (C=O) groups is 2. The van der Waals surface area contributed by atoms with E-state index in [0.29, 0.717) is 6.42 Å². The van der Waals surface area contributed by atoms with Crippen molar-refractivity contribution in [3.05, 3.63) is 59.7 Å². The summed E-state index contributed by atoms with van der Waals surface area (Å²) in [7, 11) is 1.74. The molecule has 4 heteroatoms. The topological polar surface area (TPSA) is 40.6 Å². The molecule has 1 aliphatic heterocycles. The predicted molar refractivity (Wildman–Crippen MR) is 96.3 cm³/mol. The second-order valence-corrected chi connectivity index (χ2v) is 6.37. The highest BCUT2D eigenvalue weighted by atomic mass is 16.2. The zero-order valence-electron chi connectivity index (χ0n) is 14.3. The minimum Gasteiger partial charge on any atom is -0.316 e. The van der Waals surface area contributed by atoms with Gasteiger partial charge in [0, 0.05) is 31.4 Å². The molecule has 1 unspecified atom stereocenters. The highest BCUT2D eigenvalue weighted by Crippen LogP contribution is 2.32. The van der Waals surface area contributed by atoms with Gasteiger partial charge in [-0.25, -0.2) is 0 Å². The summed E-state index contributed by atoms with van der Waals surface area (Å²) in [5, 5.41) is 0. The molecular formula is C20H22N2O2. The zero-order valence-corrected chi connectivity index (χ0v) is 14.3. The summed E-state index contributed by atoms with van der Waals surface area (Å²) in [6, 6.07) is 15.9. The molecule has 4 nitrogen and oxygen atoms in total. The molecule has 0 bridgehead atoms. The molecule has 0 aliphatic carbocycles. The van der Waals surface area contributed by atoms with Crippen molar-refractivity contribution in [3.8, 4) is 0 Å². The van der Waals surface area contributed by atoms with Gasteiger partial charge in [-0.2, -0.15) is 0 Å². The Morgan fingerprint density at radius 1 is 1.12 bits per heavy atom. The molecule has 0 saturated heterocycles. The van der Waals surface area contributed by atoms with Gasteiger partial charge in [0.05, 0.1) is 6.42 Å². The van der Waals surface area contributed by atoms with Gasteiger partial charge < -0.3 is 9.80 Å². The Kier molecular flexibility index (Phi) is 4.38. The van der Waals surface area contributed by atoms with Gasteiger partial charge in [0.25, 0.3) is 0 Å². The highest BCUT2D eigenvalue weighted by Gasteiger charge is 2.30. The van der Waals surface area contributed by atoms with E-state index in [9.17, 15) is 9.59 Å². The van der Waals surface area contributed by atoms with Gasteiger partial charge in [0.2, 0.25) is 11.8 Å². The van der Waals surface area contributed by atoms with Crippen LogP contribution in [-0.4, -0.2) is 24.9 Å². The second kappa shape index (κ2) is 6.48. The summed E-state index contributed by atoms with van der Waals surface area (Å²) in [4.78, 5) is 27.7. The van der Waals surface area contributed by atoms with Crippen LogP contribution in [0.3, 0.4) is 0 Å². The van der Waals surface area contributed by atoms with Crippen molar-refractivity contribution in [2.75, 3.05) is 16.8 Å². The lowest BCUT2D eigenvalue weighted by Crippen LogP contribution is -2.36. The molecule has 2 aromatic rings. The third-order valence-corrected chi connectivity index (χ3v) is 4.63. The van der Waals surface area contributed by atoms with Crippen LogP contribution in [0.25, 0.3) is 0 Å². The maximum atomic E-state index is 12.8. The number of para-hydroxylation sites is 1. The largest absolute Gasteiger partial charge is 0.316 e. The molecule has 1 atom stereocenters. The van der Waals surface area contributed by atoms with Gasteiger partial charge >= 0.3 is 0 Å². The zero-order chi connectivity index (χ0) is 17.3. The quantitative estimate of drug-likeness (QED) is 0.871. The molecule has 0 N–H and O–H groups in total. The predicted octanol–water partition coefficient (Wildman–Crippen LogP) is 3.19. The average molecular weight is 322 g/mol. The fraction of sp³-hybridized carbons (Fsp3) is 0.300. The van der Waals surface area contributed by atoms with Crippen LogP contribution in [0.4, 0.5) is 11.4 Å². The summed E-state index contributed by atoms with van der Waals surface area (Å²) in [6.07, 6.45) is 1.27. The number of amides is 2. The van der Waals surface area contributed by atoms with Crippen LogP contribution in [0.1, 0.15) is 25.0 Å². The van der Waals surface area contributed by atoms with Crippen LogP contribution in [0.2, 0.25) is 0 Å². The summed E-state index contributed by atoms with van der Waals surface area (Å²) in [5.41, 5.74) is 4.05. The normalized spacial score (nSPS) is 16.0. The molecule has 1 heterocycles. The molecule has 0 spiro atoms. The fourth-order valence-electron chi connectivity index (χ4n) is 3.22. The number of hydrogen-bond acceptors (Lipinski definition) is 2. The first-order chi connectivity index (χ1) is 11.5. The third-order valence-electron chi connectivity index (χ3n) is 4.63. The van der Waals surface area contributed by atoms with Crippen LogP contribution >= 0.6 is 0 Å². The molecule has 0 radical (unpaired) electrons. The lowest BCUT2D eigenvalue weighted by atomic mass is 10.1. The smallest absolute Gasteiger partial charge is 0.231 e. The van der Waals surface area contributed by atoms with E-state index >= 15 is 0 Å². The van der Waals surface area contributed by atoms with Crippen LogP contribution in [0, 0.1) is 0 Å². The summed E-state index contributed by atoms with van der Waals surface area (Å²) in [6.45, 7) is 3.62. The van der Waals surface area contributed by atoms with Gasteiger partial charge in [-0.15, -0.1) is 0 Å². The van der Waals surface area contributed by atoms with Gasteiger partial charge in [-0.05, 0) is 42.7 Å². The molecule has 1 aliphatic rings. The Hall–Kier alpha value is -2.62. The third kappa shape index (κ3) is 3.04. The van der Waals surface area contributed by atoms with Crippen molar-refractivity contribution in [2.24, 2.45) is 0 Å². The summed E-state index contributed by atoms with van der Waals surface area (Å²) in [5.74, 6) is 0.0986.